The first kappa shape index (κ1) is 35.2. The van der Waals surface area contributed by atoms with Gasteiger partial charge in [0.05, 0.1) is 0 Å². The van der Waals surface area contributed by atoms with Gasteiger partial charge in [0.15, 0.2) is 0 Å². The molecule has 0 aromatic heterocycles. The Bertz CT molecular complexity index is 539. The lowest BCUT2D eigenvalue weighted by molar-refractivity contribution is 0.0626. The Hall–Kier alpha value is -0.0400. The predicted molar refractivity (Wildman–Crippen MR) is 177 cm³/mol. The second-order valence-corrected chi connectivity index (χ2v) is 15.2. The predicted octanol–water partition coefficient (Wildman–Crippen LogP) is 12.9. The number of hydrogen-bond donors (Lipinski definition) is 0. The summed E-state index contributed by atoms with van der Waals surface area (Å²) in [6.07, 6.45) is 41.1. The summed E-state index contributed by atoms with van der Waals surface area (Å²) in [5, 5.41) is 0. The molecule has 39 heavy (non-hydrogen) atoms. The van der Waals surface area contributed by atoms with E-state index in [9.17, 15) is 0 Å². The molecule has 0 saturated carbocycles. The van der Waals surface area contributed by atoms with Crippen LogP contribution >= 0.6 is 0 Å². The maximum atomic E-state index is 3.01. The van der Waals surface area contributed by atoms with Crippen molar-refractivity contribution in [3.8, 4) is 0 Å². The molecule has 3 atom stereocenters. The summed E-state index contributed by atoms with van der Waals surface area (Å²) in [4.78, 5) is 3.01. The van der Waals surface area contributed by atoms with Crippen molar-refractivity contribution >= 4 is 0 Å². The minimum Gasteiger partial charge on any atom is -0.300 e. The Morgan fingerprint density at radius 3 is 1.21 bits per heavy atom. The first-order valence-electron chi connectivity index (χ1n) is 18.7. The highest BCUT2D eigenvalue weighted by atomic mass is 15.2. The van der Waals surface area contributed by atoms with Crippen molar-refractivity contribution in [2.75, 3.05) is 13.1 Å². The summed E-state index contributed by atoms with van der Waals surface area (Å²) in [5.41, 5.74) is 0.456. The zero-order chi connectivity index (χ0) is 28.0. The highest BCUT2D eigenvalue weighted by molar-refractivity contribution is 4.87. The van der Waals surface area contributed by atoms with E-state index >= 15 is 0 Å². The SMILES string of the molecule is CC1CCCCCCCCCCCCCCCC(C)CCCN2CCCCCCCC[C@H]2C(C)(C)CCCC1. The van der Waals surface area contributed by atoms with Crippen LogP contribution in [0.3, 0.4) is 0 Å². The molecule has 2 aliphatic rings. The lowest BCUT2D eigenvalue weighted by Gasteiger charge is -2.43. The zero-order valence-corrected chi connectivity index (χ0v) is 27.9. The third-order valence-electron chi connectivity index (χ3n) is 10.8. The van der Waals surface area contributed by atoms with Crippen LogP contribution in [0.2, 0.25) is 0 Å². The van der Waals surface area contributed by atoms with Crippen LogP contribution in [-0.4, -0.2) is 24.0 Å². The summed E-state index contributed by atoms with van der Waals surface area (Å²) in [5.74, 6) is 1.85. The average Bonchev–Trinajstić information content (AvgIpc) is 2.91. The van der Waals surface area contributed by atoms with Gasteiger partial charge in [-0.25, -0.2) is 0 Å². The highest BCUT2D eigenvalue weighted by Gasteiger charge is 2.33. The van der Waals surface area contributed by atoms with Crippen LogP contribution in [0, 0.1) is 17.3 Å². The number of hydrogen-bond acceptors (Lipinski definition) is 1. The summed E-state index contributed by atoms with van der Waals surface area (Å²) in [6.45, 7) is 13.1. The van der Waals surface area contributed by atoms with Gasteiger partial charge in [0.1, 0.15) is 0 Å². The second-order valence-electron chi connectivity index (χ2n) is 15.2. The molecule has 2 rings (SSSR count). The van der Waals surface area contributed by atoms with Gasteiger partial charge in [0.25, 0.3) is 0 Å². The van der Waals surface area contributed by atoms with Gasteiger partial charge in [-0.15, -0.1) is 0 Å². The van der Waals surface area contributed by atoms with Crippen LogP contribution in [0.5, 0.6) is 0 Å². The maximum Gasteiger partial charge on any atom is 0.0146 e. The highest BCUT2D eigenvalue weighted by Crippen LogP contribution is 2.36. The van der Waals surface area contributed by atoms with E-state index in [-0.39, 0.29) is 0 Å². The van der Waals surface area contributed by atoms with Crippen molar-refractivity contribution in [2.45, 2.75) is 214 Å². The molecule has 1 nitrogen and oxygen atoms in total. The molecule has 2 unspecified atom stereocenters. The Kier molecular flexibility index (Phi) is 20.3. The molecule has 232 valence electrons. The molecule has 2 heterocycles. The zero-order valence-electron chi connectivity index (χ0n) is 27.9. The van der Waals surface area contributed by atoms with Gasteiger partial charge < -0.3 is 0 Å². The van der Waals surface area contributed by atoms with Gasteiger partial charge in [-0.1, -0.05) is 175 Å². The lowest BCUT2D eigenvalue weighted by atomic mass is 9.76. The Balaban J connectivity index is 1.90. The first-order valence-corrected chi connectivity index (χ1v) is 18.7. The first-order chi connectivity index (χ1) is 19.0. The third kappa shape index (κ3) is 17.5. The van der Waals surface area contributed by atoms with Gasteiger partial charge in [-0.2, -0.15) is 0 Å². The van der Waals surface area contributed by atoms with Crippen LogP contribution in [0.25, 0.3) is 0 Å². The molecule has 0 bridgehead atoms. The lowest BCUT2D eigenvalue weighted by Crippen LogP contribution is -2.46. The van der Waals surface area contributed by atoms with Crippen LogP contribution < -0.4 is 0 Å². The van der Waals surface area contributed by atoms with Crippen molar-refractivity contribution < 1.29 is 0 Å². The van der Waals surface area contributed by atoms with Gasteiger partial charge in [0, 0.05) is 6.04 Å². The molecule has 2 aliphatic heterocycles. The molecule has 0 N–H and O–H groups in total. The minimum atomic E-state index is 0.456. The Morgan fingerprint density at radius 2 is 0.718 bits per heavy atom. The largest absolute Gasteiger partial charge is 0.300 e. The molecule has 0 radical (unpaired) electrons. The quantitative estimate of drug-likeness (QED) is 0.292. The van der Waals surface area contributed by atoms with Crippen LogP contribution in [-0.2, 0) is 0 Å². The van der Waals surface area contributed by atoms with Gasteiger partial charge in [0.2, 0.25) is 0 Å². The average molecular weight is 546 g/mol. The van der Waals surface area contributed by atoms with E-state index in [1.165, 1.54) is 193 Å². The summed E-state index contributed by atoms with van der Waals surface area (Å²) in [7, 11) is 0. The van der Waals surface area contributed by atoms with Gasteiger partial charge in [-0.05, 0) is 62.4 Å². The fraction of sp³-hybridized carbons (Fsp3) is 1.00. The van der Waals surface area contributed by atoms with Gasteiger partial charge >= 0.3 is 0 Å². The van der Waals surface area contributed by atoms with E-state index in [1.807, 2.05) is 0 Å². The maximum absolute atomic E-state index is 3.01. The molecule has 0 aromatic rings. The molecule has 2 fully saturated rings. The van der Waals surface area contributed by atoms with Gasteiger partial charge in [-0.3, -0.25) is 4.90 Å². The van der Waals surface area contributed by atoms with Crippen LogP contribution in [0.4, 0.5) is 0 Å². The summed E-state index contributed by atoms with van der Waals surface area (Å²) < 4.78 is 0. The second kappa shape index (κ2) is 22.5. The molecular formula is C38H75N. The molecule has 0 spiro atoms. The number of nitrogens with zero attached hydrogens (tertiary/aromatic N) is 1. The van der Waals surface area contributed by atoms with Crippen LogP contribution in [0.1, 0.15) is 207 Å². The van der Waals surface area contributed by atoms with Crippen molar-refractivity contribution in [2.24, 2.45) is 17.3 Å². The standard InChI is InChI=1S/C38H75N/c1-35-27-20-16-12-10-8-6-5-7-9-11-13-17-21-28-36(2)30-26-34-39-33-25-19-15-14-18-22-31-37(39)38(3,4)32-24-23-29-35/h35-37H,5-34H2,1-4H3/t35?,36?,37-/m0/s1. The van der Waals surface area contributed by atoms with Crippen LogP contribution in [0.15, 0.2) is 0 Å². The van der Waals surface area contributed by atoms with Crippen molar-refractivity contribution in [1.82, 2.24) is 4.90 Å². The Morgan fingerprint density at radius 1 is 0.385 bits per heavy atom. The third-order valence-corrected chi connectivity index (χ3v) is 10.8. The molecule has 1 heteroatoms. The fourth-order valence-corrected chi connectivity index (χ4v) is 7.95. The van der Waals surface area contributed by atoms with E-state index < -0.39 is 0 Å². The topological polar surface area (TPSA) is 3.24 Å². The van der Waals surface area contributed by atoms with Crippen molar-refractivity contribution in [3.05, 3.63) is 0 Å². The Labute approximate surface area is 248 Å². The molecule has 0 aromatic carbocycles. The minimum absolute atomic E-state index is 0.456. The summed E-state index contributed by atoms with van der Waals surface area (Å²) >= 11 is 0. The van der Waals surface area contributed by atoms with E-state index in [4.69, 9.17) is 0 Å². The summed E-state index contributed by atoms with van der Waals surface area (Å²) in [6, 6.07) is 0.797. The molecule has 0 aliphatic carbocycles. The smallest absolute Gasteiger partial charge is 0.0146 e. The molecule has 2 saturated heterocycles. The van der Waals surface area contributed by atoms with E-state index in [0.29, 0.717) is 5.41 Å². The van der Waals surface area contributed by atoms with Crippen molar-refractivity contribution in [1.29, 1.82) is 0 Å². The monoisotopic (exact) mass is 546 g/mol. The normalized spacial score (nSPS) is 30.9. The van der Waals surface area contributed by atoms with E-state index in [2.05, 4.69) is 32.6 Å². The molecular weight excluding hydrogens is 470 g/mol. The number of fused-ring (bicyclic) bond motifs is 1. The van der Waals surface area contributed by atoms with E-state index in [1.54, 1.807) is 0 Å². The van der Waals surface area contributed by atoms with Crippen molar-refractivity contribution in [3.63, 3.8) is 0 Å². The van der Waals surface area contributed by atoms with E-state index in [0.717, 1.165) is 17.9 Å². The number of rotatable bonds is 0. The molecule has 0 amide bonds. The fourth-order valence-electron chi connectivity index (χ4n) is 7.95.